The lowest BCUT2D eigenvalue weighted by Gasteiger charge is -2.16. The molecule has 0 unspecified atom stereocenters. The average Bonchev–Trinajstić information content (AvgIpc) is 3.49. The first-order valence-electron chi connectivity index (χ1n) is 11.9. The van der Waals surface area contributed by atoms with Gasteiger partial charge in [-0.05, 0) is 90.3 Å². The summed E-state index contributed by atoms with van der Waals surface area (Å²) in [6.07, 6.45) is 5.90. The highest BCUT2D eigenvalue weighted by Gasteiger charge is 2.35. The zero-order valence-corrected chi connectivity index (χ0v) is 20.7. The quantitative estimate of drug-likeness (QED) is 0.271. The van der Waals surface area contributed by atoms with Crippen molar-refractivity contribution in [3.8, 4) is 5.69 Å². The van der Waals surface area contributed by atoms with Crippen molar-refractivity contribution in [3.05, 3.63) is 119 Å². The Hall–Kier alpha value is -3.83. The van der Waals surface area contributed by atoms with Gasteiger partial charge in [-0.3, -0.25) is 9.69 Å². The van der Waals surface area contributed by atoms with E-state index in [1.807, 2.05) is 66.9 Å². The number of para-hydroxylation sites is 1. The first-order valence-corrected chi connectivity index (χ1v) is 12.7. The monoisotopic (exact) mass is 477 g/mol. The minimum Gasteiger partial charge on any atom is -0.317 e. The molecule has 0 spiro atoms. The van der Waals surface area contributed by atoms with E-state index in [0.29, 0.717) is 10.1 Å². The molecule has 174 valence electrons. The minimum atomic E-state index is -0.0658. The predicted octanol–water partition coefficient (Wildman–Crippen LogP) is 7.41. The van der Waals surface area contributed by atoms with Gasteiger partial charge in [0.2, 0.25) is 0 Å². The van der Waals surface area contributed by atoms with Gasteiger partial charge in [0, 0.05) is 17.6 Å². The van der Waals surface area contributed by atoms with Gasteiger partial charge in [0.1, 0.15) is 0 Å². The molecule has 4 aromatic rings. The molecule has 0 N–H and O–H groups in total. The first-order chi connectivity index (χ1) is 17.2. The van der Waals surface area contributed by atoms with Crippen molar-refractivity contribution in [2.24, 2.45) is 4.99 Å². The third-order valence-electron chi connectivity index (χ3n) is 6.07. The molecule has 4 nitrogen and oxygen atoms in total. The summed E-state index contributed by atoms with van der Waals surface area (Å²) in [4.78, 5) is 20.9. The zero-order valence-electron chi connectivity index (χ0n) is 19.9. The Bertz CT molecular complexity index is 1380. The largest absolute Gasteiger partial charge is 0.317 e. The smallest absolute Gasteiger partial charge is 0.271 e. The molecular formula is C30H27N3OS. The summed E-state index contributed by atoms with van der Waals surface area (Å²) >= 11 is 1.41. The number of aliphatic imine (C=N–C) groups is 1. The molecule has 5 rings (SSSR count). The van der Waals surface area contributed by atoms with Crippen molar-refractivity contribution in [2.75, 3.05) is 4.90 Å². The molecule has 0 atom stereocenters. The topological polar surface area (TPSA) is 37.6 Å². The summed E-state index contributed by atoms with van der Waals surface area (Å²) < 4.78 is 2.08. The van der Waals surface area contributed by atoms with Crippen molar-refractivity contribution in [1.82, 2.24) is 4.57 Å². The van der Waals surface area contributed by atoms with Gasteiger partial charge in [-0.1, -0.05) is 56.3 Å². The second kappa shape index (κ2) is 10.2. The van der Waals surface area contributed by atoms with Crippen molar-refractivity contribution in [1.29, 1.82) is 0 Å². The number of hydrogen-bond donors (Lipinski definition) is 0. The van der Waals surface area contributed by atoms with Crippen molar-refractivity contribution in [3.63, 3.8) is 0 Å². The van der Waals surface area contributed by atoms with Crippen molar-refractivity contribution in [2.45, 2.75) is 26.7 Å². The number of carbonyl (C=O) groups excluding carboxylic acids is 1. The number of amidine groups is 1. The van der Waals surface area contributed by atoms with E-state index in [-0.39, 0.29) is 5.91 Å². The third kappa shape index (κ3) is 4.86. The standard InChI is InChI=1S/C30H27N3OS/c1-3-22-12-16-24(17-13-22)31-30-33(26-18-14-23(4-2)15-19-26)29(34)28(35-30)21-27-11-8-20-32(27)25-9-6-5-7-10-25/h5-21H,3-4H2,1-2H3/b28-21-,31-30?. The summed E-state index contributed by atoms with van der Waals surface area (Å²) in [5, 5.41) is 0.660. The molecule has 1 aliphatic heterocycles. The van der Waals surface area contributed by atoms with Gasteiger partial charge >= 0.3 is 0 Å². The van der Waals surface area contributed by atoms with E-state index in [9.17, 15) is 4.79 Å². The first kappa shape index (κ1) is 22.9. The van der Waals surface area contributed by atoms with E-state index in [1.165, 1.54) is 22.9 Å². The second-order valence-electron chi connectivity index (χ2n) is 8.32. The maximum Gasteiger partial charge on any atom is 0.271 e. The second-order valence-corrected chi connectivity index (χ2v) is 9.33. The lowest BCUT2D eigenvalue weighted by atomic mass is 10.1. The summed E-state index contributed by atoms with van der Waals surface area (Å²) in [6, 6.07) is 30.5. The molecular weight excluding hydrogens is 450 g/mol. The third-order valence-corrected chi connectivity index (χ3v) is 7.04. The summed E-state index contributed by atoms with van der Waals surface area (Å²) in [5.41, 5.74) is 6.15. The van der Waals surface area contributed by atoms with Crippen LogP contribution < -0.4 is 4.90 Å². The van der Waals surface area contributed by atoms with Crippen LogP contribution in [0.5, 0.6) is 0 Å². The molecule has 1 amide bonds. The fraction of sp³-hybridized carbons (Fsp3) is 0.133. The Kier molecular flexibility index (Phi) is 6.68. The van der Waals surface area contributed by atoms with Crippen LogP contribution in [-0.2, 0) is 17.6 Å². The minimum absolute atomic E-state index is 0.0658. The van der Waals surface area contributed by atoms with Crippen LogP contribution in [0.1, 0.15) is 30.7 Å². The maximum absolute atomic E-state index is 13.7. The molecule has 1 saturated heterocycles. The van der Waals surface area contributed by atoms with Crippen LogP contribution in [0, 0.1) is 0 Å². The molecule has 5 heteroatoms. The van der Waals surface area contributed by atoms with Crippen LogP contribution >= 0.6 is 11.8 Å². The average molecular weight is 478 g/mol. The molecule has 3 aromatic carbocycles. The molecule has 0 radical (unpaired) electrons. The van der Waals surface area contributed by atoms with Crippen LogP contribution in [-0.4, -0.2) is 15.6 Å². The van der Waals surface area contributed by atoms with Gasteiger partial charge in [0.15, 0.2) is 5.17 Å². The molecule has 0 saturated carbocycles. The number of thioether (sulfide) groups is 1. The molecule has 1 aromatic heterocycles. The van der Waals surface area contributed by atoms with E-state index in [1.54, 1.807) is 4.90 Å². The van der Waals surface area contributed by atoms with Gasteiger partial charge in [0.25, 0.3) is 5.91 Å². The predicted molar refractivity (Wildman–Crippen MR) is 148 cm³/mol. The molecule has 2 heterocycles. The van der Waals surface area contributed by atoms with E-state index < -0.39 is 0 Å². The number of hydrogen-bond acceptors (Lipinski definition) is 3. The number of amides is 1. The van der Waals surface area contributed by atoms with Crippen LogP contribution in [0.15, 0.2) is 107 Å². The van der Waals surface area contributed by atoms with Gasteiger partial charge in [-0.2, -0.15) is 0 Å². The zero-order chi connectivity index (χ0) is 24.2. The van der Waals surface area contributed by atoms with Crippen LogP contribution in [0.3, 0.4) is 0 Å². The fourth-order valence-corrected chi connectivity index (χ4v) is 5.03. The number of aromatic nitrogens is 1. The van der Waals surface area contributed by atoms with E-state index >= 15 is 0 Å². The highest BCUT2D eigenvalue weighted by atomic mass is 32.2. The fourth-order valence-electron chi connectivity index (χ4n) is 4.04. The van der Waals surface area contributed by atoms with Crippen molar-refractivity contribution < 1.29 is 4.79 Å². The molecule has 35 heavy (non-hydrogen) atoms. The van der Waals surface area contributed by atoms with E-state index in [2.05, 4.69) is 54.8 Å². The summed E-state index contributed by atoms with van der Waals surface area (Å²) in [6.45, 7) is 4.26. The Morgan fingerprint density at radius 1 is 0.771 bits per heavy atom. The maximum atomic E-state index is 13.7. The number of aryl methyl sites for hydroxylation is 2. The number of carbonyl (C=O) groups is 1. The van der Waals surface area contributed by atoms with E-state index in [4.69, 9.17) is 4.99 Å². The van der Waals surface area contributed by atoms with Gasteiger partial charge < -0.3 is 4.57 Å². The number of rotatable bonds is 6. The molecule has 0 bridgehead atoms. The number of nitrogens with zero attached hydrogens (tertiary/aromatic N) is 3. The molecule has 1 fully saturated rings. The van der Waals surface area contributed by atoms with Gasteiger partial charge in [0.05, 0.1) is 16.3 Å². The molecule has 1 aliphatic rings. The highest BCUT2D eigenvalue weighted by Crippen LogP contribution is 2.37. The Morgan fingerprint density at radius 2 is 1.43 bits per heavy atom. The van der Waals surface area contributed by atoms with Crippen LogP contribution in [0.25, 0.3) is 11.8 Å². The van der Waals surface area contributed by atoms with Crippen molar-refractivity contribution >= 4 is 40.3 Å². The Morgan fingerprint density at radius 3 is 2.09 bits per heavy atom. The SMILES string of the molecule is CCc1ccc(N=C2S/C(=C\c3cccn3-c3ccccc3)C(=O)N2c2ccc(CC)cc2)cc1. The Balaban J connectivity index is 1.55. The van der Waals surface area contributed by atoms with Crippen LogP contribution in [0.4, 0.5) is 11.4 Å². The summed E-state index contributed by atoms with van der Waals surface area (Å²) in [7, 11) is 0. The highest BCUT2D eigenvalue weighted by molar-refractivity contribution is 8.19. The summed E-state index contributed by atoms with van der Waals surface area (Å²) in [5.74, 6) is -0.0658. The number of anilines is 1. The molecule has 0 aliphatic carbocycles. The van der Waals surface area contributed by atoms with Gasteiger partial charge in [-0.15, -0.1) is 0 Å². The lowest BCUT2D eigenvalue weighted by Crippen LogP contribution is -2.28. The van der Waals surface area contributed by atoms with Crippen LogP contribution in [0.2, 0.25) is 0 Å². The normalized spacial score (nSPS) is 15.9. The number of benzene rings is 3. The van der Waals surface area contributed by atoms with E-state index in [0.717, 1.165) is 35.6 Å². The lowest BCUT2D eigenvalue weighted by molar-refractivity contribution is -0.113. The van der Waals surface area contributed by atoms with Gasteiger partial charge in [-0.25, -0.2) is 4.99 Å². The Labute approximate surface area is 210 Å².